The molecule has 0 spiro atoms. The van der Waals surface area contributed by atoms with Crippen LogP contribution in [0, 0.1) is 6.92 Å². The van der Waals surface area contributed by atoms with Crippen molar-refractivity contribution in [2.45, 2.75) is 19.8 Å². The van der Waals surface area contributed by atoms with Gasteiger partial charge in [-0.2, -0.15) is 4.98 Å². The van der Waals surface area contributed by atoms with Crippen molar-refractivity contribution in [3.8, 4) is 5.88 Å². The third-order valence-corrected chi connectivity index (χ3v) is 4.88. The second-order valence-corrected chi connectivity index (χ2v) is 7.27. The zero-order chi connectivity index (χ0) is 21.1. The molecule has 4 rings (SSSR count). The van der Waals surface area contributed by atoms with Crippen molar-refractivity contribution in [1.29, 1.82) is 0 Å². The van der Waals surface area contributed by atoms with E-state index in [0.717, 1.165) is 36.2 Å². The summed E-state index contributed by atoms with van der Waals surface area (Å²) in [6.07, 6.45) is 3.98. The van der Waals surface area contributed by atoms with Gasteiger partial charge in [-0.25, -0.2) is 4.98 Å². The Balaban J connectivity index is 1.44. The highest BCUT2D eigenvalue weighted by atomic mass is 16.5. The molecule has 3 aromatic rings. The predicted molar refractivity (Wildman–Crippen MR) is 116 cm³/mol. The minimum atomic E-state index is -0.276. The van der Waals surface area contributed by atoms with E-state index < -0.39 is 0 Å². The summed E-state index contributed by atoms with van der Waals surface area (Å²) >= 11 is 0. The third-order valence-electron chi connectivity index (χ3n) is 4.88. The summed E-state index contributed by atoms with van der Waals surface area (Å²) < 4.78 is 6.69. The third kappa shape index (κ3) is 4.35. The Morgan fingerprint density at radius 1 is 1.10 bits per heavy atom. The Hall–Kier alpha value is -3.62. The second kappa shape index (κ2) is 8.40. The molecule has 9 heteroatoms. The summed E-state index contributed by atoms with van der Waals surface area (Å²) in [5, 5.41) is 10.3. The van der Waals surface area contributed by atoms with Crippen molar-refractivity contribution in [1.82, 2.24) is 19.7 Å². The number of methoxy groups -OCH3 is 1. The SMILES string of the molecule is COc1nn(C)cc1C(=O)Nc1ccc(Nc2cc(C)nc(N3CCCC3)n2)cc1. The molecule has 0 aliphatic carbocycles. The number of amides is 1. The van der Waals surface area contributed by atoms with E-state index >= 15 is 0 Å². The zero-order valence-electron chi connectivity index (χ0n) is 17.3. The van der Waals surface area contributed by atoms with Crippen LogP contribution in [0.25, 0.3) is 0 Å². The molecule has 2 N–H and O–H groups in total. The van der Waals surface area contributed by atoms with Crippen molar-refractivity contribution < 1.29 is 9.53 Å². The first-order valence-corrected chi connectivity index (χ1v) is 9.88. The molecule has 0 bridgehead atoms. The van der Waals surface area contributed by atoms with Crippen LogP contribution in [-0.2, 0) is 7.05 Å². The number of rotatable bonds is 6. The number of nitrogens with zero attached hydrogens (tertiary/aromatic N) is 5. The molecule has 1 aromatic carbocycles. The van der Waals surface area contributed by atoms with Crippen LogP contribution in [0.5, 0.6) is 5.88 Å². The van der Waals surface area contributed by atoms with Gasteiger partial charge in [-0.3, -0.25) is 9.48 Å². The van der Waals surface area contributed by atoms with Gasteiger partial charge in [-0.1, -0.05) is 0 Å². The van der Waals surface area contributed by atoms with E-state index in [1.165, 1.54) is 20.0 Å². The number of hydrogen-bond donors (Lipinski definition) is 2. The number of nitrogens with one attached hydrogen (secondary N) is 2. The molecule has 0 radical (unpaired) electrons. The fraction of sp³-hybridized carbons (Fsp3) is 0.333. The number of carbonyl (C=O) groups excluding carboxylic acids is 1. The molecule has 0 saturated carbocycles. The van der Waals surface area contributed by atoms with Gasteiger partial charge < -0.3 is 20.3 Å². The van der Waals surface area contributed by atoms with Crippen LogP contribution in [0.3, 0.4) is 0 Å². The van der Waals surface area contributed by atoms with E-state index in [9.17, 15) is 4.79 Å². The maximum Gasteiger partial charge on any atom is 0.262 e. The molecular formula is C21H25N7O2. The molecule has 1 aliphatic rings. The molecule has 156 valence electrons. The molecule has 9 nitrogen and oxygen atoms in total. The first kappa shape index (κ1) is 19.7. The Bertz CT molecular complexity index is 1040. The summed E-state index contributed by atoms with van der Waals surface area (Å²) in [6.45, 7) is 3.97. The van der Waals surface area contributed by atoms with Gasteiger partial charge in [0.1, 0.15) is 11.4 Å². The lowest BCUT2D eigenvalue weighted by molar-refractivity contribution is 0.102. The van der Waals surface area contributed by atoms with E-state index in [0.29, 0.717) is 17.1 Å². The van der Waals surface area contributed by atoms with Crippen LogP contribution in [0.2, 0.25) is 0 Å². The second-order valence-electron chi connectivity index (χ2n) is 7.27. The number of ether oxygens (including phenoxy) is 1. The molecule has 2 aromatic heterocycles. The predicted octanol–water partition coefficient (Wildman–Crippen LogP) is 3.12. The van der Waals surface area contributed by atoms with Crippen LogP contribution in [0.4, 0.5) is 23.1 Å². The number of aryl methyl sites for hydroxylation is 2. The summed E-state index contributed by atoms with van der Waals surface area (Å²) in [5.41, 5.74) is 2.85. The van der Waals surface area contributed by atoms with Gasteiger partial charge in [-0.15, -0.1) is 5.10 Å². The summed E-state index contributed by atoms with van der Waals surface area (Å²) in [6, 6.07) is 9.37. The fourth-order valence-electron chi connectivity index (χ4n) is 3.43. The van der Waals surface area contributed by atoms with Crippen molar-refractivity contribution >= 4 is 29.0 Å². The average Bonchev–Trinajstić information content (AvgIpc) is 3.38. The number of hydrogen-bond acceptors (Lipinski definition) is 7. The van der Waals surface area contributed by atoms with Gasteiger partial charge in [0.2, 0.25) is 11.8 Å². The van der Waals surface area contributed by atoms with Gasteiger partial charge in [0.25, 0.3) is 5.91 Å². The van der Waals surface area contributed by atoms with Crippen LogP contribution in [-0.4, -0.2) is 45.9 Å². The van der Waals surface area contributed by atoms with Gasteiger partial charge >= 0.3 is 0 Å². The highest BCUT2D eigenvalue weighted by Gasteiger charge is 2.17. The molecule has 1 saturated heterocycles. The number of aromatic nitrogens is 4. The Morgan fingerprint density at radius 3 is 2.50 bits per heavy atom. The maximum absolute atomic E-state index is 12.5. The Labute approximate surface area is 175 Å². The van der Waals surface area contributed by atoms with E-state index in [-0.39, 0.29) is 5.91 Å². The van der Waals surface area contributed by atoms with Crippen LogP contribution >= 0.6 is 0 Å². The summed E-state index contributed by atoms with van der Waals surface area (Å²) in [4.78, 5) is 23.9. The van der Waals surface area contributed by atoms with Gasteiger partial charge in [0.15, 0.2) is 0 Å². The lowest BCUT2D eigenvalue weighted by Gasteiger charge is -2.17. The van der Waals surface area contributed by atoms with E-state index in [1.807, 2.05) is 37.3 Å². The van der Waals surface area contributed by atoms with Crippen molar-refractivity contribution in [2.75, 3.05) is 35.7 Å². The van der Waals surface area contributed by atoms with Gasteiger partial charge in [-0.05, 0) is 44.0 Å². The van der Waals surface area contributed by atoms with Crippen LogP contribution in [0.1, 0.15) is 28.9 Å². The van der Waals surface area contributed by atoms with E-state index in [1.54, 1.807) is 17.9 Å². The monoisotopic (exact) mass is 407 g/mol. The Kier molecular flexibility index (Phi) is 5.51. The highest BCUT2D eigenvalue weighted by Crippen LogP contribution is 2.23. The normalized spacial score (nSPS) is 13.4. The molecule has 0 atom stereocenters. The molecule has 1 fully saturated rings. The fourth-order valence-corrected chi connectivity index (χ4v) is 3.43. The smallest absolute Gasteiger partial charge is 0.262 e. The van der Waals surface area contributed by atoms with E-state index in [4.69, 9.17) is 4.74 Å². The number of anilines is 4. The van der Waals surface area contributed by atoms with Crippen LogP contribution < -0.4 is 20.3 Å². The minimum absolute atomic E-state index is 0.276. The quantitative estimate of drug-likeness (QED) is 0.648. The van der Waals surface area contributed by atoms with E-state index in [2.05, 4.69) is 30.6 Å². The lowest BCUT2D eigenvalue weighted by Crippen LogP contribution is -2.21. The molecule has 3 heterocycles. The molecule has 0 unspecified atom stereocenters. The van der Waals surface area contributed by atoms with Crippen LogP contribution in [0.15, 0.2) is 36.5 Å². The summed E-state index contributed by atoms with van der Waals surface area (Å²) in [7, 11) is 3.23. The number of benzene rings is 1. The minimum Gasteiger partial charge on any atom is -0.479 e. The van der Waals surface area contributed by atoms with Crippen molar-refractivity contribution in [2.24, 2.45) is 7.05 Å². The van der Waals surface area contributed by atoms with Gasteiger partial charge in [0.05, 0.1) is 7.11 Å². The summed E-state index contributed by atoms with van der Waals surface area (Å²) in [5.74, 6) is 1.54. The highest BCUT2D eigenvalue weighted by molar-refractivity contribution is 6.05. The topological polar surface area (TPSA) is 97.2 Å². The molecule has 30 heavy (non-hydrogen) atoms. The van der Waals surface area contributed by atoms with Crippen molar-refractivity contribution in [3.63, 3.8) is 0 Å². The van der Waals surface area contributed by atoms with Crippen molar-refractivity contribution in [3.05, 3.63) is 47.8 Å². The zero-order valence-corrected chi connectivity index (χ0v) is 17.3. The van der Waals surface area contributed by atoms with Gasteiger partial charge in [0, 0.05) is 49.5 Å². The lowest BCUT2D eigenvalue weighted by atomic mass is 10.2. The first-order valence-electron chi connectivity index (χ1n) is 9.88. The number of carbonyl (C=O) groups is 1. The average molecular weight is 407 g/mol. The Morgan fingerprint density at radius 2 is 1.80 bits per heavy atom. The maximum atomic E-state index is 12.5. The first-order chi connectivity index (χ1) is 14.5. The standard InChI is InChI=1S/C21H25N7O2/c1-14-12-18(25-21(22-14)28-10-4-5-11-28)23-15-6-8-16(9-7-15)24-19(29)17-13-27(2)26-20(17)30-3/h6-9,12-13H,4-5,10-11H2,1-3H3,(H,24,29)(H,22,23,25). The molecular weight excluding hydrogens is 382 g/mol. The molecule has 1 aliphatic heterocycles. The largest absolute Gasteiger partial charge is 0.479 e. The molecule has 1 amide bonds.